The minimum absolute atomic E-state index is 0.0983. The number of fused-ring (bicyclic) bond motifs is 1. The fourth-order valence-corrected chi connectivity index (χ4v) is 2.93. The maximum absolute atomic E-state index is 9.62. The first-order valence-corrected chi connectivity index (χ1v) is 7.12. The molecule has 0 aliphatic carbocycles. The molecule has 0 bridgehead atoms. The summed E-state index contributed by atoms with van der Waals surface area (Å²) in [6.07, 6.45) is 0.778. The molecule has 2 aromatic carbocycles. The standard InChI is InChI=1S/C18H18O3/c1-3-15-16-9-8-14(20)10-17(16)21-11(2)18(15)12-4-6-13(19)7-5-12/h4-11,19-20H,3H2,1-2H3. The highest BCUT2D eigenvalue weighted by molar-refractivity contribution is 5.95. The van der Waals surface area contributed by atoms with Crippen molar-refractivity contribution in [2.45, 2.75) is 26.4 Å². The van der Waals surface area contributed by atoms with E-state index in [0.29, 0.717) is 0 Å². The molecule has 1 aliphatic heterocycles. The van der Waals surface area contributed by atoms with Gasteiger partial charge < -0.3 is 14.9 Å². The van der Waals surface area contributed by atoms with Gasteiger partial charge in [-0.3, -0.25) is 0 Å². The predicted octanol–water partition coefficient (Wildman–Crippen LogP) is 4.20. The Bertz CT molecular complexity index is 699. The number of phenols is 2. The van der Waals surface area contributed by atoms with Crippen molar-refractivity contribution in [2.24, 2.45) is 0 Å². The van der Waals surface area contributed by atoms with Crippen molar-refractivity contribution < 1.29 is 14.9 Å². The van der Waals surface area contributed by atoms with Crippen LogP contribution in [0.15, 0.2) is 42.5 Å². The van der Waals surface area contributed by atoms with Crippen molar-refractivity contribution in [1.82, 2.24) is 0 Å². The molecule has 1 heterocycles. The quantitative estimate of drug-likeness (QED) is 0.868. The van der Waals surface area contributed by atoms with E-state index in [-0.39, 0.29) is 17.6 Å². The van der Waals surface area contributed by atoms with Crippen LogP contribution in [0, 0.1) is 0 Å². The van der Waals surface area contributed by atoms with Crippen LogP contribution in [-0.2, 0) is 0 Å². The van der Waals surface area contributed by atoms with Gasteiger partial charge in [0.1, 0.15) is 23.4 Å². The first-order valence-electron chi connectivity index (χ1n) is 7.12. The molecular weight excluding hydrogens is 264 g/mol. The minimum Gasteiger partial charge on any atom is -0.508 e. The molecule has 2 aromatic rings. The molecule has 1 atom stereocenters. The summed E-state index contributed by atoms with van der Waals surface area (Å²) >= 11 is 0. The maximum atomic E-state index is 9.62. The first kappa shape index (κ1) is 13.6. The molecule has 0 saturated carbocycles. The summed E-state index contributed by atoms with van der Waals surface area (Å²) in [4.78, 5) is 0. The third-order valence-corrected chi connectivity index (χ3v) is 3.86. The van der Waals surface area contributed by atoms with E-state index in [1.54, 1.807) is 24.3 Å². The second kappa shape index (κ2) is 5.17. The van der Waals surface area contributed by atoms with Crippen LogP contribution in [-0.4, -0.2) is 16.3 Å². The molecule has 2 N–H and O–H groups in total. The van der Waals surface area contributed by atoms with Crippen LogP contribution >= 0.6 is 0 Å². The SMILES string of the molecule is CCC1=C(c2ccc(O)cc2)C(C)Oc2cc(O)ccc21. The Morgan fingerprint density at radius 2 is 1.67 bits per heavy atom. The summed E-state index contributed by atoms with van der Waals surface area (Å²) in [6.45, 7) is 4.12. The summed E-state index contributed by atoms with van der Waals surface area (Å²) in [5.74, 6) is 1.19. The molecule has 21 heavy (non-hydrogen) atoms. The van der Waals surface area contributed by atoms with Gasteiger partial charge in [-0.2, -0.15) is 0 Å². The molecule has 0 spiro atoms. The number of allylic oxidation sites excluding steroid dienone is 1. The molecule has 1 unspecified atom stereocenters. The van der Waals surface area contributed by atoms with Crippen molar-refractivity contribution >= 4 is 11.1 Å². The van der Waals surface area contributed by atoms with Gasteiger partial charge in [0.05, 0.1) is 0 Å². The van der Waals surface area contributed by atoms with Crippen LogP contribution in [0.25, 0.3) is 11.1 Å². The fourth-order valence-electron chi connectivity index (χ4n) is 2.93. The van der Waals surface area contributed by atoms with Gasteiger partial charge in [0.15, 0.2) is 0 Å². The van der Waals surface area contributed by atoms with Crippen molar-refractivity contribution in [3.63, 3.8) is 0 Å². The van der Waals surface area contributed by atoms with E-state index in [9.17, 15) is 10.2 Å². The van der Waals surface area contributed by atoms with Crippen molar-refractivity contribution in [1.29, 1.82) is 0 Å². The molecule has 3 rings (SSSR count). The molecule has 0 fully saturated rings. The Morgan fingerprint density at radius 3 is 2.33 bits per heavy atom. The van der Waals surface area contributed by atoms with E-state index < -0.39 is 0 Å². The lowest BCUT2D eigenvalue weighted by Crippen LogP contribution is -2.20. The molecule has 0 saturated heterocycles. The zero-order valence-corrected chi connectivity index (χ0v) is 12.1. The molecule has 3 heteroatoms. The van der Waals surface area contributed by atoms with Crippen LogP contribution in [0.2, 0.25) is 0 Å². The Hall–Kier alpha value is -2.42. The van der Waals surface area contributed by atoms with Crippen LogP contribution < -0.4 is 4.74 Å². The molecule has 0 aromatic heterocycles. The van der Waals surface area contributed by atoms with E-state index in [1.807, 2.05) is 25.1 Å². The molecular formula is C18H18O3. The number of phenolic OH excluding ortho intramolecular Hbond substituents is 2. The fraction of sp³-hybridized carbons (Fsp3) is 0.222. The van der Waals surface area contributed by atoms with Gasteiger partial charge in [-0.15, -0.1) is 0 Å². The Morgan fingerprint density at radius 1 is 1.00 bits per heavy atom. The number of benzene rings is 2. The molecule has 1 aliphatic rings. The second-order valence-electron chi connectivity index (χ2n) is 5.23. The Labute approximate surface area is 124 Å². The normalized spacial score (nSPS) is 17.3. The van der Waals surface area contributed by atoms with Gasteiger partial charge in [-0.05, 0) is 48.7 Å². The van der Waals surface area contributed by atoms with Crippen LogP contribution in [0.4, 0.5) is 0 Å². The highest BCUT2D eigenvalue weighted by Gasteiger charge is 2.26. The van der Waals surface area contributed by atoms with Gasteiger partial charge in [-0.1, -0.05) is 19.1 Å². The van der Waals surface area contributed by atoms with Gasteiger partial charge in [0.25, 0.3) is 0 Å². The third kappa shape index (κ3) is 2.35. The van der Waals surface area contributed by atoms with Crippen molar-refractivity contribution in [3.8, 4) is 17.2 Å². The van der Waals surface area contributed by atoms with Crippen molar-refractivity contribution in [2.75, 3.05) is 0 Å². The summed E-state index contributed by atoms with van der Waals surface area (Å²) in [7, 11) is 0. The van der Waals surface area contributed by atoms with Crippen LogP contribution in [0.3, 0.4) is 0 Å². The largest absolute Gasteiger partial charge is 0.508 e. The predicted molar refractivity (Wildman–Crippen MR) is 83.4 cm³/mol. The van der Waals surface area contributed by atoms with E-state index in [2.05, 4.69) is 6.92 Å². The summed E-state index contributed by atoms with van der Waals surface area (Å²) in [5.41, 5.74) is 4.43. The zero-order valence-electron chi connectivity index (χ0n) is 12.1. The average Bonchev–Trinajstić information content (AvgIpc) is 2.46. The second-order valence-corrected chi connectivity index (χ2v) is 5.23. The number of aromatic hydroxyl groups is 2. The van der Waals surface area contributed by atoms with Gasteiger partial charge in [0.2, 0.25) is 0 Å². The smallest absolute Gasteiger partial charge is 0.131 e. The van der Waals surface area contributed by atoms with E-state index in [4.69, 9.17) is 4.74 Å². The topological polar surface area (TPSA) is 49.7 Å². The molecule has 108 valence electrons. The van der Waals surface area contributed by atoms with Gasteiger partial charge in [0, 0.05) is 17.2 Å². The van der Waals surface area contributed by atoms with Crippen LogP contribution in [0.1, 0.15) is 31.4 Å². The Balaban J connectivity index is 2.20. The maximum Gasteiger partial charge on any atom is 0.131 e. The van der Waals surface area contributed by atoms with Gasteiger partial charge in [-0.25, -0.2) is 0 Å². The van der Waals surface area contributed by atoms with Gasteiger partial charge >= 0.3 is 0 Å². The van der Waals surface area contributed by atoms with Crippen LogP contribution in [0.5, 0.6) is 17.2 Å². The highest BCUT2D eigenvalue weighted by Crippen LogP contribution is 2.43. The molecule has 3 nitrogen and oxygen atoms in total. The lowest BCUT2D eigenvalue weighted by molar-refractivity contribution is 0.272. The summed E-state index contributed by atoms with van der Waals surface area (Å²) in [6, 6.07) is 12.4. The number of rotatable bonds is 2. The zero-order chi connectivity index (χ0) is 15.0. The Kier molecular flexibility index (Phi) is 3.34. The number of ether oxygens (including phenoxy) is 1. The molecule has 0 amide bonds. The average molecular weight is 282 g/mol. The van der Waals surface area contributed by atoms with Crippen molar-refractivity contribution in [3.05, 3.63) is 53.6 Å². The summed E-state index contributed by atoms with van der Waals surface area (Å²) in [5, 5.41) is 19.1. The summed E-state index contributed by atoms with van der Waals surface area (Å²) < 4.78 is 5.96. The van der Waals surface area contributed by atoms with E-state index in [1.165, 1.54) is 5.57 Å². The number of hydrogen-bond donors (Lipinski definition) is 2. The molecule has 0 radical (unpaired) electrons. The lowest BCUT2D eigenvalue weighted by atomic mass is 9.87. The number of hydrogen-bond acceptors (Lipinski definition) is 3. The third-order valence-electron chi connectivity index (χ3n) is 3.86. The van der Waals surface area contributed by atoms with E-state index in [0.717, 1.165) is 28.9 Å². The lowest BCUT2D eigenvalue weighted by Gasteiger charge is -2.29. The first-order chi connectivity index (χ1) is 10.1. The van der Waals surface area contributed by atoms with E-state index >= 15 is 0 Å². The highest BCUT2D eigenvalue weighted by atomic mass is 16.5. The minimum atomic E-state index is -0.0983. The monoisotopic (exact) mass is 282 g/mol.